The first-order valence-corrected chi connectivity index (χ1v) is 6.12. The van der Waals surface area contributed by atoms with Crippen LogP contribution in [0.1, 0.15) is 43.6 Å². The predicted molar refractivity (Wildman–Crippen MR) is 62.7 cm³/mol. The van der Waals surface area contributed by atoms with Gasteiger partial charge in [0.2, 0.25) is 0 Å². The van der Waals surface area contributed by atoms with Crippen LogP contribution in [0.25, 0.3) is 0 Å². The molecule has 1 aromatic rings. The molecule has 2 N–H and O–H groups in total. The van der Waals surface area contributed by atoms with Crippen molar-refractivity contribution in [1.29, 1.82) is 0 Å². The maximum absolute atomic E-state index is 6.29. The molecule has 0 radical (unpaired) electrons. The lowest BCUT2D eigenvalue weighted by atomic mass is 9.92. The van der Waals surface area contributed by atoms with Crippen molar-refractivity contribution in [2.24, 2.45) is 11.7 Å². The molecule has 2 atom stereocenters. The molecule has 0 heterocycles. The number of hydrogen-bond donors (Lipinski definition) is 1. The Labute approximate surface area is 91.7 Å². The van der Waals surface area contributed by atoms with E-state index in [2.05, 4.69) is 30.3 Å². The van der Waals surface area contributed by atoms with Crippen LogP contribution < -0.4 is 5.73 Å². The predicted octanol–water partition coefficient (Wildman–Crippen LogP) is 3.06. The van der Waals surface area contributed by atoms with Crippen LogP contribution in [0.3, 0.4) is 0 Å². The van der Waals surface area contributed by atoms with Gasteiger partial charge in [0.25, 0.3) is 0 Å². The molecule has 0 amide bonds. The molecule has 0 aliphatic heterocycles. The van der Waals surface area contributed by atoms with E-state index in [1.54, 1.807) is 0 Å². The fraction of sp³-hybridized carbons (Fsp3) is 0.571. The summed E-state index contributed by atoms with van der Waals surface area (Å²) < 4.78 is 0. The van der Waals surface area contributed by atoms with Gasteiger partial charge in [0.1, 0.15) is 0 Å². The summed E-state index contributed by atoms with van der Waals surface area (Å²) in [6.45, 7) is 0. The van der Waals surface area contributed by atoms with E-state index in [1.165, 1.54) is 37.7 Å². The van der Waals surface area contributed by atoms with E-state index < -0.39 is 0 Å². The molecular weight excluding hydrogens is 182 g/mol. The van der Waals surface area contributed by atoms with Crippen LogP contribution >= 0.6 is 0 Å². The molecule has 2 aliphatic rings. The quantitative estimate of drug-likeness (QED) is 0.782. The van der Waals surface area contributed by atoms with Gasteiger partial charge in [0.15, 0.2) is 0 Å². The lowest BCUT2D eigenvalue weighted by molar-refractivity contribution is 0.410. The molecule has 2 unspecified atom stereocenters. The molecule has 0 saturated heterocycles. The minimum atomic E-state index is 0.240. The number of nitrogens with two attached hydrogens (primary N) is 1. The van der Waals surface area contributed by atoms with Gasteiger partial charge in [-0.05, 0) is 49.5 Å². The van der Waals surface area contributed by atoms with Gasteiger partial charge in [-0.15, -0.1) is 0 Å². The van der Waals surface area contributed by atoms with Crippen molar-refractivity contribution in [3.05, 3.63) is 35.9 Å². The first-order chi connectivity index (χ1) is 7.28. The largest absolute Gasteiger partial charge is 0.325 e. The Morgan fingerprint density at radius 2 is 1.80 bits per heavy atom. The molecule has 0 bridgehead atoms. The fourth-order valence-electron chi connectivity index (χ4n) is 3.08. The van der Waals surface area contributed by atoms with E-state index in [1.807, 2.05) is 0 Å². The van der Waals surface area contributed by atoms with Gasteiger partial charge in [-0.3, -0.25) is 0 Å². The molecule has 0 spiro atoms. The summed E-state index contributed by atoms with van der Waals surface area (Å²) in [6, 6.07) is 10.9. The van der Waals surface area contributed by atoms with Crippen molar-refractivity contribution < 1.29 is 0 Å². The van der Waals surface area contributed by atoms with Crippen molar-refractivity contribution in [3.8, 4) is 0 Å². The molecule has 2 saturated carbocycles. The Morgan fingerprint density at radius 3 is 2.47 bits per heavy atom. The molecule has 15 heavy (non-hydrogen) atoms. The average Bonchev–Trinajstić information content (AvgIpc) is 2.85. The average molecular weight is 201 g/mol. The highest BCUT2D eigenvalue weighted by Gasteiger charge is 2.48. The Hall–Kier alpha value is -0.820. The Bertz CT molecular complexity index is 340. The van der Waals surface area contributed by atoms with Gasteiger partial charge in [-0.2, -0.15) is 0 Å². The maximum Gasteiger partial charge on any atom is 0.0184 e. The van der Waals surface area contributed by atoms with Gasteiger partial charge >= 0.3 is 0 Å². The smallest absolute Gasteiger partial charge is 0.0184 e. The van der Waals surface area contributed by atoms with Gasteiger partial charge in [-0.1, -0.05) is 30.3 Å². The summed E-state index contributed by atoms with van der Waals surface area (Å²) in [7, 11) is 0. The highest BCUT2D eigenvalue weighted by atomic mass is 14.8. The number of benzene rings is 1. The van der Waals surface area contributed by atoms with Crippen molar-refractivity contribution in [3.63, 3.8) is 0 Å². The fourth-order valence-corrected chi connectivity index (χ4v) is 3.08. The zero-order valence-electron chi connectivity index (χ0n) is 9.15. The van der Waals surface area contributed by atoms with E-state index in [0.717, 1.165) is 11.8 Å². The topological polar surface area (TPSA) is 26.0 Å². The molecule has 1 heteroatoms. The standard InChI is InChI=1S/C14H19N/c15-14(8-9-14)13-7-6-12(10-13)11-4-2-1-3-5-11/h1-5,12-13H,6-10,15H2. The zero-order valence-corrected chi connectivity index (χ0v) is 9.15. The van der Waals surface area contributed by atoms with Crippen molar-refractivity contribution >= 4 is 0 Å². The SMILES string of the molecule is NC1(C2CCC(c3ccccc3)C2)CC1. The third-order valence-electron chi connectivity index (χ3n) is 4.34. The summed E-state index contributed by atoms with van der Waals surface area (Å²) in [5.41, 5.74) is 8.05. The lowest BCUT2D eigenvalue weighted by Crippen LogP contribution is -2.30. The highest BCUT2D eigenvalue weighted by Crippen LogP contribution is 2.51. The van der Waals surface area contributed by atoms with E-state index in [9.17, 15) is 0 Å². The zero-order chi connectivity index (χ0) is 10.3. The van der Waals surface area contributed by atoms with Crippen molar-refractivity contribution in [2.75, 3.05) is 0 Å². The summed E-state index contributed by atoms with van der Waals surface area (Å²) in [4.78, 5) is 0. The van der Waals surface area contributed by atoms with Crippen LogP contribution in [0.15, 0.2) is 30.3 Å². The van der Waals surface area contributed by atoms with Crippen LogP contribution in [0.4, 0.5) is 0 Å². The highest BCUT2D eigenvalue weighted by molar-refractivity contribution is 5.22. The molecule has 3 rings (SSSR count). The Kier molecular flexibility index (Phi) is 2.10. The summed E-state index contributed by atoms with van der Waals surface area (Å²) in [6.07, 6.45) is 6.53. The molecule has 2 fully saturated rings. The van der Waals surface area contributed by atoms with E-state index >= 15 is 0 Å². The van der Waals surface area contributed by atoms with E-state index in [4.69, 9.17) is 5.73 Å². The molecule has 2 aliphatic carbocycles. The Morgan fingerprint density at radius 1 is 1.07 bits per heavy atom. The number of hydrogen-bond acceptors (Lipinski definition) is 1. The Balaban J connectivity index is 1.71. The second-order valence-corrected chi connectivity index (χ2v) is 5.35. The van der Waals surface area contributed by atoms with E-state index in [-0.39, 0.29) is 5.54 Å². The van der Waals surface area contributed by atoms with Gasteiger partial charge < -0.3 is 5.73 Å². The van der Waals surface area contributed by atoms with E-state index in [0.29, 0.717) is 0 Å². The van der Waals surface area contributed by atoms with Crippen molar-refractivity contribution in [1.82, 2.24) is 0 Å². The second kappa shape index (κ2) is 3.34. The first-order valence-electron chi connectivity index (χ1n) is 6.12. The van der Waals surface area contributed by atoms with Crippen LogP contribution in [0.2, 0.25) is 0 Å². The monoisotopic (exact) mass is 201 g/mol. The maximum atomic E-state index is 6.29. The molecule has 80 valence electrons. The van der Waals surface area contributed by atoms with Gasteiger partial charge in [0.05, 0.1) is 0 Å². The minimum absolute atomic E-state index is 0.240. The first kappa shape index (κ1) is 9.41. The van der Waals surface area contributed by atoms with Gasteiger partial charge in [0, 0.05) is 5.54 Å². The van der Waals surface area contributed by atoms with Gasteiger partial charge in [-0.25, -0.2) is 0 Å². The number of rotatable bonds is 2. The van der Waals surface area contributed by atoms with Crippen LogP contribution in [-0.2, 0) is 0 Å². The lowest BCUT2D eigenvalue weighted by Gasteiger charge is -2.18. The van der Waals surface area contributed by atoms with Crippen LogP contribution in [-0.4, -0.2) is 5.54 Å². The summed E-state index contributed by atoms with van der Waals surface area (Å²) in [5, 5.41) is 0. The molecule has 0 aromatic heterocycles. The minimum Gasteiger partial charge on any atom is -0.325 e. The summed E-state index contributed by atoms with van der Waals surface area (Å²) in [5.74, 6) is 1.57. The van der Waals surface area contributed by atoms with Crippen LogP contribution in [0, 0.1) is 5.92 Å². The van der Waals surface area contributed by atoms with Crippen LogP contribution in [0.5, 0.6) is 0 Å². The molecule has 1 nitrogen and oxygen atoms in total. The normalized spacial score (nSPS) is 32.9. The molecular formula is C14H19N. The van der Waals surface area contributed by atoms with Crippen molar-refractivity contribution in [2.45, 2.75) is 43.6 Å². The second-order valence-electron chi connectivity index (χ2n) is 5.35. The third kappa shape index (κ3) is 1.69. The summed E-state index contributed by atoms with van der Waals surface area (Å²) >= 11 is 0. The third-order valence-corrected chi connectivity index (χ3v) is 4.34. The molecule has 1 aromatic carbocycles.